The number of anilines is 1. The predicted octanol–water partition coefficient (Wildman–Crippen LogP) is 4.20. The van der Waals surface area contributed by atoms with Crippen molar-refractivity contribution in [3.63, 3.8) is 0 Å². The number of hydrogen-bond donors (Lipinski definition) is 1. The molecule has 31 heavy (non-hydrogen) atoms. The molecule has 0 amide bonds. The van der Waals surface area contributed by atoms with Gasteiger partial charge in [-0.05, 0) is 57.7 Å². The van der Waals surface area contributed by atoms with E-state index in [1.165, 1.54) is 13.2 Å². The molecular formula is C23H32N2O5S. The van der Waals surface area contributed by atoms with Crippen molar-refractivity contribution >= 4 is 21.5 Å². The Hall–Kier alpha value is -2.58. The summed E-state index contributed by atoms with van der Waals surface area (Å²) in [4.78, 5) is 14.2. The molecule has 0 heterocycles. The molecule has 0 aromatic heterocycles. The summed E-state index contributed by atoms with van der Waals surface area (Å²) in [7, 11) is 1.33. The smallest absolute Gasteiger partial charge is 0.337 e. The standard InChI is InChI=1S/C23H32N2O5S/c1-5-6-13-24-20-16-18(23(26)29-4)17-21(31(27,28)15-10-14-25(2)3)22(20)30-19-11-8-7-9-12-19/h7-9,11-12,16-17,24H,5-6,10,13-15H2,1-4H3. The normalized spacial score (nSPS) is 11.4. The minimum absolute atomic E-state index is 0.0167. The summed E-state index contributed by atoms with van der Waals surface area (Å²) in [5.41, 5.74) is 0.611. The van der Waals surface area contributed by atoms with Crippen LogP contribution in [0.1, 0.15) is 36.5 Å². The summed E-state index contributed by atoms with van der Waals surface area (Å²) < 4.78 is 37.5. The molecule has 0 saturated heterocycles. The highest BCUT2D eigenvalue weighted by Gasteiger charge is 2.26. The number of methoxy groups -OCH3 is 1. The molecule has 7 nitrogen and oxygen atoms in total. The number of carbonyl (C=O) groups excluding carboxylic acids is 1. The predicted molar refractivity (Wildman–Crippen MR) is 123 cm³/mol. The van der Waals surface area contributed by atoms with Crippen LogP contribution >= 0.6 is 0 Å². The van der Waals surface area contributed by atoms with E-state index in [4.69, 9.17) is 9.47 Å². The largest absolute Gasteiger partial charge is 0.465 e. The fourth-order valence-electron chi connectivity index (χ4n) is 2.99. The fourth-order valence-corrected chi connectivity index (χ4v) is 4.46. The quantitative estimate of drug-likeness (QED) is 0.385. The molecule has 0 aliphatic carbocycles. The van der Waals surface area contributed by atoms with Crippen LogP contribution in [-0.2, 0) is 14.6 Å². The monoisotopic (exact) mass is 448 g/mol. The minimum Gasteiger partial charge on any atom is -0.465 e. The first kappa shape index (κ1) is 24.7. The molecule has 0 atom stereocenters. The van der Waals surface area contributed by atoms with Gasteiger partial charge in [0.1, 0.15) is 10.6 Å². The maximum absolute atomic E-state index is 13.3. The summed E-state index contributed by atoms with van der Waals surface area (Å²) in [6.07, 6.45) is 2.31. The molecule has 0 aliphatic heterocycles. The van der Waals surface area contributed by atoms with Crippen molar-refractivity contribution in [1.82, 2.24) is 4.90 Å². The highest BCUT2D eigenvalue weighted by Crippen LogP contribution is 2.38. The molecule has 0 unspecified atom stereocenters. The third-order valence-electron chi connectivity index (χ3n) is 4.64. The number of nitrogens with zero attached hydrogens (tertiary/aromatic N) is 1. The van der Waals surface area contributed by atoms with Crippen molar-refractivity contribution in [2.24, 2.45) is 0 Å². The minimum atomic E-state index is -3.72. The van der Waals surface area contributed by atoms with Crippen molar-refractivity contribution in [2.75, 3.05) is 45.4 Å². The average Bonchev–Trinajstić information content (AvgIpc) is 2.74. The number of esters is 1. The molecule has 8 heteroatoms. The van der Waals surface area contributed by atoms with Gasteiger partial charge in [0, 0.05) is 6.54 Å². The van der Waals surface area contributed by atoms with Crippen LogP contribution in [0.25, 0.3) is 0 Å². The number of para-hydroxylation sites is 1. The summed E-state index contributed by atoms with van der Waals surface area (Å²) >= 11 is 0. The van der Waals surface area contributed by atoms with Gasteiger partial charge in [-0.25, -0.2) is 13.2 Å². The summed E-state index contributed by atoms with van der Waals surface area (Å²) in [5, 5.41) is 3.24. The number of carbonyl (C=O) groups is 1. The molecule has 0 bridgehead atoms. The SMILES string of the molecule is CCCCNc1cc(C(=O)OC)cc(S(=O)(=O)CCCN(C)C)c1Oc1ccccc1. The molecule has 2 aromatic carbocycles. The van der Waals surface area contributed by atoms with Crippen molar-refractivity contribution in [2.45, 2.75) is 31.1 Å². The van der Waals surface area contributed by atoms with E-state index in [1.807, 2.05) is 37.2 Å². The Kier molecular flexibility index (Phi) is 9.33. The number of ether oxygens (including phenoxy) is 2. The van der Waals surface area contributed by atoms with Crippen molar-refractivity contribution in [3.8, 4) is 11.5 Å². The Morgan fingerprint density at radius 2 is 1.81 bits per heavy atom. The van der Waals surface area contributed by atoms with Crippen molar-refractivity contribution in [1.29, 1.82) is 0 Å². The van der Waals surface area contributed by atoms with Gasteiger partial charge < -0.3 is 19.7 Å². The molecule has 0 aliphatic rings. The van der Waals surface area contributed by atoms with Gasteiger partial charge in [0.2, 0.25) is 0 Å². The first-order valence-electron chi connectivity index (χ1n) is 10.4. The maximum Gasteiger partial charge on any atom is 0.337 e. The highest BCUT2D eigenvalue weighted by atomic mass is 32.2. The number of hydrogen-bond acceptors (Lipinski definition) is 7. The molecule has 2 rings (SSSR count). The Morgan fingerprint density at radius 3 is 2.42 bits per heavy atom. The fraction of sp³-hybridized carbons (Fsp3) is 0.435. The van der Waals surface area contributed by atoms with Gasteiger partial charge in [-0.15, -0.1) is 0 Å². The van der Waals surface area contributed by atoms with Gasteiger partial charge in [0.25, 0.3) is 0 Å². The second-order valence-corrected chi connectivity index (χ2v) is 9.59. The van der Waals surface area contributed by atoms with Gasteiger partial charge >= 0.3 is 5.97 Å². The van der Waals surface area contributed by atoms with E-state index in [9.17, 15) is 13.2 Å². The van der Waals surface area contributed by atoms with E-state index in [0.29, 0.717) is 30.9 Å². The Labute approximate surface area is 185 Å². The van der Waals surface area contributed by atoms with Crippen LogP contribution in [0.3, 0.4) is 0 Å². The van der Waals surface area contributed by atoms with Crippen LogP contribution in [0.15, 0.2) is 47.4 Å². The molecule has 0 radical (unpaired) electrons. The Bertz CT molecular complexity index is 959. The molecular weight excluding hydrogens is 416 g/mol. The van der Waals surface area contributed by atoms with E-state index < -0.39 is 15.8 Å². The first-order valence-corrected chi connectivity index (χ1v) is 12.0. The summed E-state index contributed by atoms with van der Waals surface area (Å²) in [6.45, 7) is 3.31. The lowest BCUT2D eigenvalue weighted by Crippen LogP contribution is -2.18. The van der Waals surface area contributed by atoms with Crippen LogP contribution in [0.5, 0.6) is 11.5 Å². The van der Waals surface area contributed by atoms with Crippen molar-refractivity contribution < 1.29 is 22.7 Å². The number of rotatable bonds is 12. The zero-order chi connectivity index (χ0) is 22.9. The van der Waals surface area contributed by atoms with E-state index in [2.05, 4.69) is 12.2 Å². The van der Waals surface area contributed by atoms with Crippen LogP contribution < -0.4 is 10.1 Å². The van der Waals surface area contributed by atoms with Gasteiger partial charge in [-0.2, -0.15) is 0 Å². The zero-order valence-electron chi connectivity index (χ0n) is 18.7. The number of unbranched alkanes of at least 4 members (excludes halogenated alkanes) is 1. The average molecular weight is 449 g/mol. The Morgan fingerprint density at radius 1 is 1.10 bits per heavy atom. The van der Waals surface area contributed by atoms with E-state index in [1.54, 1.807) is 18.2 Å². The van der Waals surface area contributed by atoms with Crippen LogP contribution in [0.4, 0.5) is 5.69 Å². The van der Waals surface area contributed by atoms with Crippen LogP contribution in [-0.4, -0.2) is 59.3 Å². The van der Waals surface area contributed by atoms with E-state index in [0.717, 1.165) is 12.8 Å². The van der Waals surface area contributed by atoms with Gasteiger partial charge in [-0.3, -0.25) is 0 Å². The number of sulfone groups is 1. The molecule has 2 aromatic rings. The third kappa shape index (κ3) is 7.25. The summed E-state index contributed by atoms with van der Waals surface area (Å²) in [5.74, 6) is 0.0426. The van der Waals surface area contributed by atoms with E-state index in [-0.39, 0.29) is 22.0 Å². The molecule has 1 N–H and O–H groups in total. The first-order chi connectivity index (χ1) is 14.8. The summed E-state index contributed by atoms with van der Waals surface area (Å²) in [6, 6.07) is 11.9. The lowest BCUT2D eigenvalue weighted by molar-refractivity contribution is 0.0600. The topological polar surface area (TPSA) is 84.9 Å². The van der Waals surface area contributed by atoms with Crippen molar-refractivity contribution in [3.05, 3.63) is 48.0 Å². The zero-order valence-corrected chi connectivity index (χ0v) is 19.5. The second-order valence-electron chi connectivity index (χ2n) is 7.51. The number of benzene rings is 2. The van der Waals surface area contributed by atoms with Gasteiger partial charge in [0.15, 0.2) is 15.6 Å². The van der Waals surface area contributed by atoms with Gasteiger partial charge in [0.05, 0.1) is 24.1 Å². The number of nitrogens with one attached hydrogen (secondary N) is 1. The lowest BCUT2D eigenvalue weighted by atomic mass is 10.1. The van der Waals surface area contributed by atoms with E-state index >= 15 is 0 Å². The maximum atomic E-state index is 13.3. The third-order valence-corrected chi connectivity index (χ3v) is 6.44. The second kappa shape index (κ2) is 11.7. The molecule has 0 spiro atoms. The van der Waals surface area contributed by atoms with Gasteiger partial charge in [-0.1, -0.05) is 31.5 Å². The molecule has 170 valence electrons. The molecule has 0 fully saturated rings. The van der Waals surface area contributed by atoms with Crippen LogP contribution in [0.2, 0.25) is 0 Å². The van der Waals surface area contributed by atoms with Crippen LogP contribution in [0, 0.1) is 0 Å². The molecule has 0 saturated carbocycles. The Balaban J connectivity index is 2.58. The lowest BCUT2D eigenvalue weighted by Gasteiger charge is -2.19. The highest BCUT2D eigenvalue weighted by molar-refractivity contribution is 7.91.